The largest absolute Gasteiger partial charge is 0.462 e. The normalized spacial score (nSPS) is 15.9. The van der Waals surface area contributed by atoms with Crippen LogP contribution in [0.5, 0.6) is 0 Å². The fourth-order valence-corrected chi connectivity index (χ4v) is 4.28. The molecule has 1 saturated heterocycles. The van der Waals surface area contributed by atoms with Crippen LogP contribution in [0.15, 0.2) is 34.7 Å². The van der Waals surface area contributed by atoms with E-state index >= 15 is 0 Å². The number of nitrogen functional groups attached to an aromatic ring is 1. The van der Waals surface area contributed by atoms with Crippen LogP contribution in [-0.2, 0) is 4.74 Å². The Morgan fingerprint density at radius 1 is 1.31 bits per heavy atom. The van der Waals surface area contributed by atoms with Gasteiger partial charge in [-0.3, -0.25) is 0 Å². The Bertz CT molecular complexity index is 1020. The SMILES string of the molecule is CCCCN1CCC(COC(=O)c2cc(Cl)c(N)c3c2oc2ccccc23)CC1. The fourth-order valence-electron chi connectivity index (χ4n) is 4.07. The zero-order valence-corrected chi connectivity index (χ0v) is 17.5. The average Bonchev–Trinajstić information content (AvgIpc) is 3.13. The molecule has 5 nitrogen and oxygen atoms in total. The summed E-state index contributed by atoms with van der Waals surface area (Å²) in [6, 6.07) is 9.10. The van der Waals surface area contributed by atoms with E-state index in [4.69, 9.17) is 26.5 Å². The van der Waals surface area contributed by atoms with Gasteiger partial charge in [0.05, 0.1) is 22.7 Å². The number of nitrogens with two attached hydrogens (primary N) is 1. The summed E-state index contributed by atoms with van der Waals surface area (Å²) in [6.07, 6.45) is 4.57. The van der Waals surface area contributed by atoms with E-state index in [0.717, 1.165) is 37.9 Å². The lowest BCUT2D eigenvalue weighted by molar-refractivity contribution is 0.0373. The van der Waals surface area contributed by atoms with Crippen LogP contribution in [0.2, 0.25) is 5.02 Å². The number of anilines is 1. The second-order valence-corrected chi connectivity index (χ2v) is 8.27. The maximum absolute atomic E-state index is 12.9. The van der Waals surface area contributed by atoms with Gasteiger partial charge in [0.1, 0.15) is 11.1 Å². The van der Waals surface area contributed by atoms with Crippen LogP contribution >= 0.6 is 11.6 Å². The molecule has 1 fully saturated rings. The number of likely N-dealkylation sites (tertiary alicyclic amines) is 1. The first-order valence-corrected chi connectivity index (χ1v) is 10.7. The molecular formula is C23H27ClN2O3. The third-order valence-corrected chi connectivity index (χ3v) is 6.16. The van der Waals surface area contributed by atoms with Gasteiger partial charge in [-0.25, -0.2) is 4.79 Å². The number of rotatable bonds is 6. The van der Waals surface area contributed by atoms with E-state index in [0.29, 0.717) is 45.4 Å². The molecule has 4 rings (SSSR count). The predicted octanol–water partition coefficient (Wildman–Crippen LogP) is 5.49. The minimum atomic E-state index is -0.413. The fraction of sp³-hybridized carbons (Fsp3) is 0.435. The van der Waals surface area contributed by atoms with E-state index in [-0.39, 0.29) is 0 Å². The molecule has 2 heterocycles. The first-order valence-electron chi connectivity index (χ1n) is 10.4. The van der Waals surface area contributed by atoms with Gasteiger partial charge in [0.2, 0.25) is 0 Å². The number of hydrogen-bond donors (Lipinski definition) is 1. The number of unbranched alkanes of at least 4 members (excludes halogenated alkanes) is 1. The Hall–Kier alpha value is -2.24. The molecule has 2 aromatic carbocycles. The smallest absolute Gasteiger partial charge is 0.342 e. The highest BCUT2D eigenvalue weighted by Gasteiger charge is 2.24. The lowest BCUT2D eigenvalue weighted by atomic mass is 9.97. The maximum atomic E-state index is 12.9. The molecular weight excluding hydrogens is 388 g/mol. The van der Waals surface area contributed by atoms with Gasteiger partial charge < -0.3 is 19.8 Å². The van der Waals surface area contributed by atoms with Gasteiger partial charge in [0.25, 0.3) is 0 Å². The number of nitrogens with zero attached hydrogens (tertiary/aromatic N) is 1. The van der Waals surface area contributed by atoms with Gasteiger partial charge in [0.15, 0.2) is 5.58 Å². The minimum absolute atomic E-state index is 0.329. The molecule has 3 aromatic rings. The Kier molecular flexibility index (Phi) is 5.97. The lowest BCUT2D eigenvalue weighted by Crippen LogP contribution is -2.36. The van der Waals surface area contributed by atoms with Crippen LogP contribution < -0.4 is 5.73 Å². The predicted molar refractivity (Wildman–Crippen MR) is 117 cm³/mol. The average molecular weight is 415 g/mol. The number of carbonyl (C=O) groups is 1. The molecule has 0 aliphatic carbocycles. The molecule has 6 heteroatoms. The summed E-state index contributed by atoms with van der Waals surface area (Å²) in [6.45, 7) is 5.95. The van der Waals surface area contributed by atoms with E-state index in [9.17, 15) is 4.79 Å². The van der Waals surface area contributed by atoms with Crippen LogP contribution in [0.4, 0.5) is 5.69 Å². The molecule has 0 atom stereocenters. The Labute approximate surface area is 175 Å². The molecule has 0 saturated carbocycles. The van der Waals surface area contributed by atoms with Gasteiger partial charge in [-0.15, -0.1) is 0 Å². The Morgan fingerprint density at radius 2 is 2.07 bits per heavy atom. The van der Waals surface area contributed by atoms with Crippen molar-refractivity contribution >= 4 is 45.2 Å². The second-order valence-electron chi connectivity index (χ2n) is 7.86. The number of carbonyl (C=O) groups excluding carboxylic acids is 1. The monoisotopic (exact) mass is 414 g/mol. The quantitative estimate of drug-likeness (QED) is 0.426. The van der Waals surface area contributed by atoms with Crippen LogP contribution in [0.1, 0.15) is 43.0 Å². The van der Waals surface area contributed by atoms with Gasteiger partial charge in [-0.2, -0.15) is 0 Å². The summed E-state index contributed by atoms with van der Waals surface area (Å²) < 4.78 is 11.6. The van der Waals surface area contributed by atoms with Crippen molar-refractivity contribution in [2.75, 3.05) is 32.0 Å². The second kappa shape index (κ2) is 8.64. The summed E-state index contributed by atoms with van der Waals surface area (Å²) in [7, 11) is 0. The van der Waals surface area contributed by atoms with Crippen molar-refractivity contribution in [2.24, 2.45) is 5.92 Å². The third-order valence-electron chi connectivity index (χ3n) is 5.84. The summed E-state index contributed by atoms with van der Waals surface area (Å²) in [5, 5.41) is 1.85. The van der Waals surface area contributed by atoms with Crippen LogP contribution in [0, 0.1) is 5.92 Å². The number of ether oxygens (including phenoxy) is 1. The molecule has 0 radical (unpaired) electrons. The van der Waals surface area contributed by atoms with Crippen LogP contribution in [0.3, 0.4) is 0 Å². The van der Waals surface area contributed by atoms with E-state index < -0.39 is 5.97 Å². The molecule has 29 heavy (non-hydrogen) atoms. The molecule has 0 spiro atoms. The van der Waals surface area contributed by atoms with Crippen molar-refractivity contribution in [3.05, 3.63) is 40.9 Å². The van der Waals surface area contributed by atoms with Gasteiger partial charge >= 0.3 is 5.97 Å². The van der Waals surface area contributed by atoms with E-state index in [2.05, 4.69) is 11.8 Å². The van der Waals surface area contributed by atoms with Crippen molar-refractivity contribution in [1.29, 1.82) is 0 Å². The van der Waals surface area contributed by atoms with Gasteiger partial charge in [-0.05, 0) is 56.9 Å². The van der Waals surface area contributed by atoms with E-state index in [1.54, 1.807) is 6.07 Å². The highest BCUT2D eigenvalue weighted by molar-refractivity contribution is 6.36. The van der Waals surface area contributed by atoms with Crippen LogP contribution in [-0.4, -0.2) is 37.1 Å². The molecule has 154 valence electrons. The number of hydrogen-bond acceptors (Lipinski definition) is 5. The topological polar surface area (TPSA) is 68.7 Å². The Morgan fingerprint density at radius 3 is 2.83 bits per heavy atom. The summed E-state index contributed by atoms with van der Waals surface area (Å²) >= 11 is 6.32. The molecule has 0 bridgehead atoms. The highest BCUT2D eigenvalue weighted by atomic mass is 35.5. The van der Waals surface area contributed by atoms with Crippen molar-refractivity contribution in [3.8, 4) is 0 Å². The number of halogens is 1. The van der Waals surface area contributed by atoms with E-state index in [1.807, 2.05) is 24.3 Å². The first-order chi connectivity index (χ1) is 14.1. The van der Waals surface area contributed by atoms with Crippen molar-refractivity contribution in [2.45, 2.75) is 32.6 Å². The maximum Gasteiger partial charge on any atom is 0.342 e. The minimum Gasteiger partial charge on any atom is -0.462 e. The van der Waals surface area contributed by atoms with Crippen molar-refractivity contribution in [3.63, 3.8) is 0 Å². The zero-order chi connectivity index (χ0) is 20.4. The molecule has 1 aliphatic heterocycles. The number of benzene rings is 2. The van der Waals surface area contributed by atoms with E-state index in [1.165, 1.54) is 12.8 Å². The molecule has 1 aromatic heterocycles. The molecule has 1 aliphatic rings. The first kappa shape index (κ1) is 20.0. The number of fused-ring (bicyclic) bond motifs is 3. The number of piperidine rings is 1. The molecule has 0 unspecified atom stereocenters. The third kappa shape index (κ3) is 4.07. The van der Waals surface area contributed by atoms with Crippen LogP contribution in [0.25, 0.3) is 21.9 Å². The Balaban J connectivity index is 1.49. The molecule has 0 amide bonds. The number of furan rings is 1. The standard InChI is InChI=1S/C23H27ClN2O3/c1-2-3-10-26-11-8-15(9-12-26)14-28-23(27)17-13-18(24)21(25)20-16-6-4-5-7-19(16)29-22(17)20/h4-7,13,15H,2-3,8-12,14,25H2,1H3. The van der Waals surface area contributed by atoms with Crippen molar-refractivity contribution < 1.29 is 13.9 Å². The van der Waals surface area contributed by atoms with Gasteiger partial charge in [0, 0.05) is 5.39 Å². The molecule has 2 N–H and O–H groups in total. The van der Waals surface area contributed by atoms with Gasteiger partial charge in [-0.1, -0.05) is 43.1 Å². The summed E-state index contributed by atoms with van der Waals surface area (Å²) in [5.74, 6) is -0.0170. The number of para-hydroxylation sites is 1. The summed E-state index contributed by atoms with van der Waals surface area (Å²) in [4.78, 5) is 15.4. The number of esters is 1. The lowest BCUT2D eigenvalue weighted by Gasteiger charge is -2.31. The summed E-state index contributed by atoms with van der Waals surface area (Å²) in [5.41, 5.74) is 8.04. The zero-order valence-electron chi connectivity index (χ0n) is 16.7. The highest BCUT2D eigenvalue weighted by Crippen LogP contribution is 2.39. The van der Waals surface area contributed by atoms with Crippen molar-refractivity contribution in [1.82, 2.24) is 4.90 Å².